The Bertz CT molecular complexity index is 980. The van der Waals surface area contributed by atoms with Gasteiger partial charge in [0.05, 0.1) is 7.11 Å². The maximum Gasteiger partial charge on any atom is 0.359 e. The number of fused-ring (bicyclic) bond motifs is 1. The SMILES string of the molecule is COc1ccccc1CN(C)C(=O)COC(=O)c1cn2c(C)cccc2n1. The molecular formula is C20H21N3O4. The van der Waals surface area contributed by atoms with Gasteiger partial charge in [0.1, 0.15) is 11.4 Å². The molecule has 1 amide bonds. The topological polar surface area (TPSA) is 73.1 Å². The minimum Gasteiger partial charge on any atom is -0.496 e. The Morgan fingerprint density at radius 1 is 1.15 bits per heavy atom. The van der Waals surface area contributed by atoms with E-state index < -0.39 is 5.97 Å². The molecule has 0 aliphatic carbocycles. The van der Waals surface area contributed by atoms with Crippen molar-refractivity contribution in [1.82, 2.24) is 14.3 Å². The van der Waals surface area contributed by atoms with E-state index in [2.05, 4.69) is 4.98 Å². The molecule has 0 aliphatic rings. The lowest BCUT2D eigenvalue weighted by atomic mass is 10.2. The lowest BCUT2D eigenvalue weighted by Gasteiger charge is -2.18. The number of rotatable bonds is 6. The average molecular weight is 367 g/mol. The molecule has 0 radical (unpaired) electrons. The molecule has 0 saturated carbocycles. The summed E-state index contributed by atoms with van der Waals surface area (Å²) in [5.41, 5.74) is 2.65. The summed E-state index contributed by atoms with van der Waals surface area (Å²) in [6.07, 6.45) is 1.61. The number of esters is 1. The highest BCUT2D eigenvalue weighted by Gasteiger charge is 2.17. The molecule has 140 valence electrons. The molecule has 3 rings (SSSR count). The van der Waals surface area contributed by atoms with Crippen LogP contribution >= 0.6 is 0 Å². The molecule has 27 heavy (non-hydrogen) atoms. The zero-order valence-corrected chi connectivity index (χ0v) is 15.5. The molecule has 7 heteroatoms. The summed E-state index contributed by atoms with van der Waals surface area (Å²) in [6.45, 7) is 1.92. The van der Waals surface area contributed by atoms with Crippen LogP contribution in [-0.4, -0.2) is 46.9 Å². The Kier molecular flexibility index (Phi) is 5.40. The first-order valence-corrected chi connectivity index (χ1v) is 8.47. The Hall–Kier alpha value is -3.35. The number of methoxy groups -OCH3 is 1. The quantitative estimate of drug-likeness (QED) is 0.626. The summed E-state index contributed by atoms with van der Waals surface area (Å²) in [5.74, 6) is -0.236. The second kappa shape index (κ2) is 7.90. The summed E-state index contributed by atoms with van der Waals surface area (Å²) in [4.78, 5) is 30.2. The zero-order valence-electron chi connectivity index (χ0n) is 15.5. The van der Waals surface area contributed by atoms with Crippen molar-refractivity contribution < 1.29 is 19.1 Å². The number of imidazole rings is 1. The van der Waals surface area contributed by atoms with Gasteiger partial charge in [-0.1, -0.05) is 24.3 Å². The van der Waals surface area contributed by atoms with Gasteiger partial charge in [-0.2, -0.15) is 0 Å². The van der Waals surface area contributed by atoms with Gasteiger partial charge >= 0.3 is 5.97 Å². The Morgan fingerprint density at radius 3 is 2.67 bits per heavy atom. The van der Waals surface area contributed by atoms with Gasteiger partial charge < -0.3 is 18.8 Å². The van der Waals surface area contributed by atoms with Crippen molar-refractivity contribution in [3.8, 4) is 5.75 Å². The number of carbonyl (C=O) groups is 2. The second-order valence-electron chi connectivity index (χ2n) is 6.16. The van der Waals surface area contributed by atoms with Crippen molar-refractivity contribution in [3.63, 3.8) is 0 Å². The van der Waals surface area contributed by atoms with E-state index in [1.165, 1.54) is 4.90 Å². The van der Waals surface area contributed by atoms with Crippen molar-refractivity contribution in [2.45, 2.75) is 13.5 Å². The molecule has 0 unspecified atom stereocenters. The first kappa shape index (κ1) is 18.4. The van der Waals surface area contributed by atoms with Crippen LogP contribution in [-0.2, 0) is 16.1 Å². The van der Waals surface area contributed by atoms with Gasteiger partial charge in [-0.05, 0) is 25.1 Å². The number of amides is 1. The number of carbonyl (C=O) groups excluding carboxylic acids is 2. The highest BCUT2D eigenvalue weighted by molar-refractivity contribution is 5.90. The summed E-state index contributed by atoms with van der Waals surface area (Å²) in [7, 11) is 3.23. The number of aryl methyl sites for hydroxylation is 1. The minimum atomic E-state index is -0.628. The lowest BCUT2D eigenvalue weighted by Crippen LogP contribution is -2.31. The summed E-state index contributed by atoms with van der Waals surface area (Å²) < 4.78 is 12.2. The molecule has 0 atom stereocenters. The van der Waals surface area contributed by atoms with Crippen molar-refractivity contribution >= 4 is 17.5 Å². The van der Waals surface area contributed by atoms with Crippen LogP contribution in [0.3, 0.4) is 0 Å². The number of pyridine rings is 1. The smallest absolute Gasteiger partial charge is 0.359 e. The normalized spacial score (nSPS) is 10.6. The third kappa shape index (κ3) is 4.08. The average Bonchev–Trinajstić information content (AvgIpc) is 3.12. The number of aromatic nitrogens is 2. The molecular weight excluding hydrogens is 346 g/mol. The fourth-order valence-electron chi connectivity index (χ4n) is 2.74. The van der Waals surface area contributed by atoms with E-state index in [9.17, 15) is 9.59 Å². The van der Waals surface area contributed by atoms with Gasteiger partial charge in [0, 0.05) is 31.0 Å². The van der Waals surface area contributed by atoms with E-state index in [0.29, 0.717) is 17.9 Å². The van der Waals surface area contributed by atoms with E-state index in [1.54, 1.807) is 30.8 Å². The van der Waals surface area contributed by atoms with E-state index in [0.717, 1.165) is 11.3 Å². The number of hydrogen-bond donors (Lipinski definition) is 0. The molecule has 0 N–H and O–H groups in total. The number of likely N-dealkylation sites (N-methyl/N-ethyl adjacent to an activating group) is 1. The van der Waals surface area contributed by atoms with Gasteiger partial charge in [0.15, 0.2) is 12.3 Å². The van der Waals surface area contributed by atoms with Crippen LogP contribution in [0.2, 0.25) is 0 Å². The molecule has 3 aromatic rings. The second-order valence-corrected chi connectivity index (χ2v) is 6.16. The van der Waals surface area contributed by atoms with Gasteiger partial charge in [-0.15, -0.1) is 0 Å². The van der Waals surface area contributed by atoms with Gasteiger partial charge in [-0.3, -0.25) is 4.79 Å². The Labute approximate surface area is 157 Å². The third-order valence-corrected chi connectivity index (χ3v) is 4.26. The Balaban J connectivity index is 1.60. The van der Waals surface area contributed by atoms with Gasteiger partial charge in [0.25, 0.3) is 5.91 Å². The molecule has 2 aromatic heterocycles. The molecule has 0 aliphatic heterocycles. The van der Waals surface area contributed by atoms with Crippen molar-refractivity contribution in [1.29, 1.82) is 0 Å². The monoisotopic (exact) mass is 367 g/mol. The van der Waals surface area contributed by atoms with Crippen LogP contribution in [0.15, 0.2) is 48.7 Å². The summed E-state index contributed by atoms with van der Waals surface area (Å²) >= 11 is 0. The highest BCUT2D eigenvalue weighted by atomic mass is 16.5. The minimum absolute atomic E-state index is 0.171. The molecule has 7 nitrogen and oxygen atoms in total. The first-order chi connectivity index (χ1) is 13.0. The highest BCUT2D eigenvalue weighted by Crippen LogP contribution is 2.18. The van der Waals surface area contributed by atoms with Crippen molar-refractivity contribution in [2.24, 2.45) is 0 Å². The van der Waals surface area contributed by atoms with Crippen molar-refractivity contribution in [3.05, 3.63) is 65.6 Å². The van der Waals surface area contributed by atoms with E-state index in [4.69, 9.17) is 9.47 Å². The van der Waals surface area contributed by atoms with Gasteiger partial charge in [0.2, 0.25) is 0 Å². The maximum atomic E-state index is 12.3. The number of ether oxygens (including phenoxy) is 2. The largest absolute Gasteiger partial charge is 0.496 e. The lowest BCUT2D eigenvalue weighted by molar-refractivity contribution is -0.133. The molecule has 2 heterocycles. The molecule has 0 saturated heterocycles. The number of para-hydroxylation sites is 1. The van der Waals surface area contributed by atoms with E-state index in [1.807, 2.05) is 43.3 Å². The summed E-state index contributed by atoms with van der Waals surface area (Å²) in [6, 6.07) is 13.0. The zero-order chi connectivity index (χ0) is 19.4. The molecule has 0 fully saturated rings. The fraction of sp³-hybridized carbons (Fsp3) is 0.250. The van der Waals surface area contributed by atoms with Gasteiger partial charge in [-0.25, -0.2) is 9.78 Å². The predicted molar refractivity (Wildman–Crippen MR) is 99.7 cm³/mol. The molecule has 1 aromatic carbocycles. The fourth-order valence-corrected chi connectivity index (χ4v) is 2.74. The maximum absolute atomic E-state index is 12.3. The van der Waals surface area contributed by atoms with Crippen LogP contribution < -0.4 is 4.74 Å². The first-order valence-electron chi connectivity index (χ1n) is 8.47. The van der Waals surface area contributed by atoms with Crippen LogP contribution in [0.4, 0.5) is 0 Å². The van der Waals surface area contributed by atoms with Crippen LogP contribution in [0.25, 0.3) is 5.65 Å². The Morgan fingerprint density at radius 2 is 1.93 bits per heavy atom. The number of nitrogens with zero attached hydrogens (tertiary/aromatic N) is 3. The third-order valence-electron chi connectivity index (χ3n) is 4.26. The van der Waals surface area contributed by atoms with E-state index in [-0.39, 0.29) is 18.2 Å². The predicted octanol–water partition coefficient (Wildman–Crippen LogP) is 2.47. The van der Waals surface area contributed by atoms with Crippen LogP contribution in [0.5, 0.6) is 5.75 Å². The standard InChI is InChI=1S/C20H21N3O4/c1-14-7-6-10-18-21-16(12-23(14)18)20(25)27-13-19(24)22(2)11-15-8-4-5-9-17(15)26-3/h4-10,12H,11,13H2,1-3H3. The number of hydrogen-bond acceptors (Lipinski definition) is 5. The number of benzene rings is 1. The van der Waals surface area contributed by atoms with Crippen molar-refractivity contribution in [2.75, 3.05) is 20.8 Å². The van der Waals surface area contributed by atoms with Crippen LogP contribution in [0, 0.1) is 6.92 Å². The molecule has 0 spiro atoms. The van der Waals surface area contributed by atoms with Crippen LogP contribution in [0.1, 0.15) is 21.7 Å². The molecule has 0 bridgehead atoms. The summed E-state index contributed by atoms with van der Waals surface area (Å²) in [5, 5.41) is 0. The van der Waals surface area contributed by atoms with E-state index >= 15 is 0 Å².